The SMILES string of the molecule is COc1ccc(Cl)cc1N1CCN(S(=O)(=O)c2ccc(Cl)c(Cl)c2)CC1. The fraction of sp³-hybridized carbons (Fsp3) is 0.294. The number of hydrogen-bond donors (Lipinski definition) is 0. The predicted molar refractivity (Wildman–Crippen MR) is 105 cm³/mol. The molecule has 0 spiro atoms. The Kier molecular flexibility index (Phi) is 5.89. The first-order valence-corrected chi connectivity index (χ1v) is 10.4. The molecule has 0 unspecified atom stereocenters. The third-order valence-electron chi connectivity index (χ3n) is 4.25. The largest absolute Gasteiger partial charge is 0.495 e. The molecule has 26 heavy (non-hydrogen) atoms. The summed E-state index contributed by atoms with van der Waals surface area (Å²) in [6, 6.07) is 9.72. The molecule has 0 aliphatic carbocycles. The highest BCUT2D eigenvalue weighted by Gasteiger charge is 2.29. The van der Waals surface area contributed by atoms with Crippen LogP contribution in [0.5, 0.6) is 5.75 Å². The number of methoxy groups -OCH3 is 1. The molecule has 0 atom stereocenters. The summed E-state index contributed by atoms with van der Waals surface area (Å²) < 4.78 is 32.5. The Morgan fingerprint density at radius 3 is 2.23 bits per heavy atom. The minimum absolute atomic E-state index is 0.140. The molecule has 0 radical (unpaired) electrons. The fourth-order valence-electron chi connectivity index (χ4n) is 2.87. The lowest BCUT2D eigenvalue weighted by Crippen LogP contribution is -2.48. The van der Waals surface area contributed by atoms with E-state index in [1.165, 1.54) is 22.5 Å². The summed E-state index contributed by atoms with van der Waals surface area (Å²) in [5, 5.41) is 1.14. The van der Waals surface area contributed by atoms with E-state index in [4.69, 9.17) is 39.5 Å². The van der Waals surface area contributed by atoms with Crippen LogP contribution in [0.3, 0.4) is 0 Å². The zero-order valence-corrected chi connectivity index (χ0v) is 17.0. The number of rotatable bonds is 4. The lowest BCUT2D eigenvalue weighted by atomic mass is 10.2. The lowest BCUT2D eigenvalue weighted by Gasteiger charge is -2.36. The van der Waals surface area contributed by atoms with Crippen LogP contribution in [0.2, 0.25) is 15.1 Å². The van der Waals surface area contributed by atoms with E-state index in [1.54, 1.807) is 19.2 Å². The van der Waals surface area contributed by atoms with Gasteiger partial charge in [-0.1, -0.05) is 34.8 Å². The highest BCUT2D eigenvalue weighted by Crippen LogP contribution is 2.33. The first-order chi connectivity index (χ1) is 12.3. The molecule has 1 saturated heterocycles. The van der Waals surface area contributed by atoms with Gasteiger partial charge in [-0.05, 0) is 36.4 Å². The van der Waals surface area contributed by atoms with E-state index in [9.17, 15) is 8.42 Å². The highest BCUT2D eigenvalue weighted by atomic mass is 35.5. The molecule has 1 heterocycles. The van der Waals surface area contributed by atoms with Gasteiger partial charge in [0.1, 0.15) is 5.75 Å². The standard InChI is InChI=1S/C17H17Cl3N2O3S/c1-25-17-5-2-12(18)10-16(17)21-6-8-22(9-7-21)26(23,24)13-3-4-14(19)15(20)11-13/h2-5,10-11H,6-9H2,1H3. The number of hydrogen-bond acceptors (Lipinski definition) is 4. The number of ether oxygens (including phenoxy) is 1. The van der Waals surface area contributed by atoms with Crippen LogP contribution >= 0.6 is 34.8 Å². The molecule has 9 heteroatoms. The van der Waals surface area contributed by atoms with E-state index >= 15 is 0 Å². The topological polar surface area (TPSA) is 49.9 Å². The van der Waals surface area contributed by atoms with Gasteiger partial charge in [0.25, 0.3) is 0 Å². The molecule has 140 valence electrons. The number of anilines is 1. The number of sulfonamides is 1. The molecular formula is C17H17Cl3N2O3S. The van der Waals surface area contributed by atoms with Gasteiger partial charge in [0.2, 0.25) is 10.0 Å². The molecule has 0 bridgehead atoms. The maximum Gasteiger partial charge on any atom is 0.243 e. The van der Waals surface area contributed by atoms with Crippen molar-refractivity contribution in [3.05, 3.63) is 51.5 Å². The minimum Gasteiger partial charge on any atom is -0.495 e. The lowest BCUT2D eigenvalue weighted by molar-refractivity contribution is 0.378. The number of benzene rings is 2. The Morgan fingerprint density at radius 2 is 1.62 bits per heavy atom. The van der Waals surface area contributed by atoms with Crippen LogP contribution in [0.4, 0.5) is 5.69 Å². The average molecular weight is 436 g/mol. The van der Waals surface area contributed by atoms with Gasteiger partial charge in [-0.15, -0.1) is 0 Å². The fourth-order valence-corrected chi connectivity index (χ4v) is 4.84. The normalized spacial score (nSPS) is 15.9. The van der Waals surface area contributed by atoms with Crippen molar-refractivity contribution in [1.29, 1.82) is 0 Å². The Labute approximate surface area is 168 Å². The highest BCUT2D eigenvalue weighted by molar-refractivity contribution is 7.89. The first kappa shape index (κ1) is 19.6. The summed E-state index contributed by atoms with van der Waals surface area (Å²) in [7, 11) is -2.03. The quantitative estimate of drug-likeness (QED) is 0.723. The Bertz CT molecular complexity index is 913. The molecule has 1 aliphatic heterocycles. The third-order valence-corrected chi connectivity index (χ3v) is 7.12. The van der Waals surface area contributed by atoms with Crippen molar-refractivity contribution < 1.29 is 13.2 Å². The van der Waals surface area contributed by atoms with Crippen molar-refractivity contribution in [2.75, 3.05) is 38.2 Å². The Morgan fingerprint density at radius 1 is 0.923 bits per heavy atom. The maximum atomic E-state index is 12.8. The van der Waals surface area contributed by atoms with Crippen LogP contribution in [0.15, 0.2) is 41.3 Å². The van der Waals surface area contributed by atoms with E-state index in [0.29, 0.717) is 42.0 Å². The molecule has 1 aliphatic rings. The molecule has 0 saturated carbocycles. The van der Waals surface area contributed by atoms with Gasteiger partial charge in [0.15, 0.2) is 0 Å². The van der Waals surface area contributed by atoms with Crippen molar-refractivity contribution in [3.8, 4) is 5.75 Å². The molecule has 3 rings (SSSR count). The van der Waals surface area contributed by atoms with Gasteiger partial charge in [0.05, 0.1) is 27.7 Å². The number of piperazine rings is 1. The molecule has 2 aromatic carbocycles. The summed E-state index contributed by atoms with van der Waals surface area (Å²) in [6.07, 6.45) is 0. The summed E-state index contributed by atoms with van der Waals surface area (Å²) in [5.74, 6) is 0.704. The molecule has 0 N–H and O–H groups in total. The van der Waals surface area contributed by atoms with Crippen LogP contribution in [-0.2, 0) is 10.0 Å². The average Bonchev–Trinajstić information content (AvgIpc) is 2.64. The van der Waals surface area contributed by atoms with Crippen LogP contribution in [0.25, 0.3) is 0 Å². The van der Waals surface area contributed by atoms with Gasteiger partial charge in [-0.25, -0.2) is 8.42 Å². The van der Waals surface area contributed by atoms with E-state index in [1.807, 2.05) is 6.07 Å². The predicted octanol–water partition coefficient (Wildman–Crippen LogP) is 4.17. The first-order valence-electron chi connectivity index (χ1n) is 7.86. The van der Waals surface area contributed by atoms with Crippen LogP contribution in [-0.4, -0.2) is 46.0 Å². The molecule has 0 amide bonds. The zero-order chi connectivity index (χ0) is 18.9. The van der Waals surface area contributed by atoms with Gasteiger partial charge in [-0.2, -0.15) is 4.31 Å². The van der Waals surface area contributed by atoms with Crippen molar-refractivity contribution in [1.82, 2.24) is 4.31 Å². The van der Waals surface area contributed by atoms with E-state index in [0.717, 1.165) is 5.69 Å². The summed E-state index contributed by atoms with van der Waals surface area (Å²) in [4.78, 5) is 2.20. The van der Waals surface area contributed by atoms with Gasteiger partial charge >= 0.3 is 0 Å². The number of nitrogens with zero attached hydrogens (tertiary/aromatic N) is 2. The second kappa shape index (κ2) is 7.82. The maximum absolute atomic E-state index is 12.8. The second-order valence-corrected chi connectivity index (χ2v) is 8.97. The Balaban J connectivity index is 1.78. The van der Waals surface area contributed by atoms with Crippen molar-refractivity contribution in [2.45, 2.75) is 4.90 Å². The van der Waals surface area contributed by atoms with Crippen molar-refractivity contribution in [3.63, 3.8) is 0 Å². The number of halogens is 3. The smallest absolute Gasteiger partial charge is 0.243 e. The van der Waals surface area contributed by atoms with E-state index < -0.39 is 10.0 Å². The molecule has 2 aromatic rings. The Hall–Kier alpha value is -1.18. The summed E-state index contributed by atoms with van der Waals surface area (Å²) in [6.45, 7) is 1.74. The van der Waals surface area contributed by atoms with Crippen LogP contribution in [0, 0.1) is 0 Å². The second-order valence-electron chi connectivity index (χ2n) is 5.78. The zero-order valence-electron chi connectivity index (χ0n) is 14.0. The monoisotopic (exact) mass is 434 g/mol. The third kappa shape index (κ3) is 3.89. The van der Waals surface area contributed by atoms with Gasteiger partial charge < -0.3 is 9.64 Å². The summed E-state index contributed by atoms with van der Waals surface area (Å²) in [5.41, 5.74) is 0.853. The summed E-state index contributed by atoms with van der Waals surface area (Å²) >= 11 is 17.9. The van der Waals surface area contributed by atoms with Gasteiger partial charge in [0, 0.05) is 31.2 Å². The van der Waals surface area contributed by atoms with Crippen LogP contribution < -0.4 is 9.64 Å². The molecular weight excluding hydrogens is 419 g/mol. The molecule has 5 nitrogen and oxygen atoms in total. The van der Waals surface area contributed by atoms with E-state index in [-0.39, 0.29) is 9.92 Å². The van der Waals surface area contributed by atoms with Crippen molar-refractivity contribution >= 4 is 50.5 Å². The van der Waals surface area contributed by atoms with Gasteiger partial charge in [-0.3, -0.25) is 0 Å². The van der Waals surface area contributed by atoms with E-state index in [2.05, 4.69) is 4.90 Å². The molecule has 1 fully saturated rings. The van der Waals surface area contributed by atoms with Crippen molar-refractivity contribution in [2.24, 2.45) is 0 Å². The minimum atomic E-state index is -3.62. The van der Waals surface area contributed by atoms with Crippen LogP contribution in [0.1, 0.15) is 0 Å². The molecule has 0 aromatic heterocycles.